The Morgan fingerprint density at radius 2 is 0.927 bits per heavy atom. The molecule has 55 heavy (non-hydrogen) atoms. The van der Waals surface area contributed by atoms with Crippen LogP contribution in [0.2, 0.25) is 0 Å². The van der Waals surface area contributed by atoms with Crippen LogP contribution in [0.1, 0.15) is 0 Å². The van der Waals surface area contributed by atoms with Crippen molar-refractivity contribution in [2.24, 2.45) is 0 Å². The number of benzene rings is 9. The molecule has 0 aliphatic carbocycles. The Bertz CT molecular complexity index is 3180. The Kier molecular flexibility index (Phi) is 7.14. The van der Waals surface area contributed by atoms with Crippen molar-refractivity contribution >= 4 is 71.6 Å². The zero-order valence-electron chi connectivity index (χ0n) is 29.8. The van der Waals surface area contributed by atoms with Gasteiger partial charge in [-0.2, -0.15) is 0 Å². The fraction of sp³-hybridized carbons (Fsp3) is 0. The number of anilines is 3. The average Bonchev–Trinajstić information content (AvgIpc) is 3.86. The van der Waals surface area contributed by atoms with E-state index in [4.69, 9.17) is 9.40 Å². The third kappa shape index (κ3) is 5.03. The summed E-state index contributed by atoms with van der Waals surface area (Å²) in [5.74, 6) is 0.896. The first kappa shape index (κ1) is 31.1. The van der Waals surface area contributed by atoms with Crippen molar-refractivity contribution in [1.82, 2.24) is 9.55 Å². The minimum atomic E-state index is 0.851. The van der Waals surface area contributed by atoms with Gasteiger partial charge in [0.05, 0.1) is 16.7 Å². The quantitative estimate of drug-likeness (QED) is 0.162. The fourth-order valence-electron chi connectivity index (χ4n) is 8.26. The van der Waals surface area contributed by atoms with Gasteiger partial charge in [0.15, 0.2) is 5.58 Å². The number of nitrogens with zero attached hydrogens (tertiary/aromatic N) is 3. The summed E-state index contributed by atoms with van der Waals surface area (Å²) in [5, 5.41) is 6.95. The molecular formula is C51H33N3O. The van der Waals surface area contributed by atoms with Crippen LogP contribution in [0.25, 0.3) is 82.7 Å². The van der Waals surface area contributed by atoms with Crippen molar-refractivity contribution < 1.29 is 4.42 Å². The molecule has 0 amide bonds. The number of aromatic nitrogens is 2. The van der Waals surface area contributed by atoms with Crippen LogP contribution in [0.5, 0.6) is 0 Å². The maximum Gasteiger partial charge on any atom is 0.159 e. The number of rotatable bonds is 6. The van der Waals surface area contributed by atoms with E-state index in [2.05, 4.69) is 198 Å². The number of fused-ring (bicyclic) bond motifs is 9. The molecule has 0 unspecified atom stereocenters. The molecule has 0 fully saturated rings. The van der Waals surface area contributed by atoms with E-state index in [0.717, 1.165) is 72.5 Å². The first-order valence-electron chi connectivity index (χ1n) is 18.6. The molecule has 0 N–H and O–H groups in total. The number of hydrogen-bond donors (Lipinski definition) is 0. The van der Waals surface area contributed by atoms with E-state index in [0.29, 0.717) is 0 Å². The molecule has 0 saturated carbocycles. The Labute approximate surface area is 317 Å². The molecular weight excluding hydrogens is 671 g/mol. The van der Waals surface area contributed by atoms with E-state index < -0.39 is 0 Å². The summed E-state index contributed by atoms with van der Waals surface area (Å²) in [5.41, 5.74) is 11.3. The van der Waals surface area contributed by atoms with Crippen molar-refractivity contribution in [3.63, 3.8) is 0 Å². The van der Waals surface area contributed by atoms with Crippen molar-refractivity contribution in [1.29, 1.82) is 0 Å². The molecule has 4 heteroatoms. The molecule has 9 aromatic carbocycles. The van der Waals surface area contributed by atoms with Gasteiger partial charge in [0.2, 0.25) is 0 Å². The summed E-state index contributed by atoms with van der Waals surface area (Å²) >= 11 is 0. The summed E-state index contributed by atoms with van der Waals surface area (Å²) in [6, 6.07) is 70.7. The largest absolute Gasteiger partial charge is 0.454 e. The lowest BCUT2D eigenvalue weighted by molar-refractivity contribution is 0.669. The van der Waals surface area contributed by atoms with E-state index in [1.807, 2.05) is 12.1 Å². The van der Waals surface area contributed by atoms with Crippen LogP contribution in [0.4, 0.5) is 17.1 Å². The van der Waals surface area contributed by atoms with Crippen LogP contribution in [0, 0.1) is 0 Å². The number of hydrogen-bond acceptors (Lipinski definition) is 3. The zero-order chi connectivity index (χ0) is 36.3. The highest BCUT2D eigenvalue weighted by Crippen LogP contribution is 2.44. The molecule has 0 bridgehead atoms. The van der Waals surface area contributed by atoms with E-state index >= 15 is 0 Å². The maximum atomic E-state index is 6.61. The molecule has 0 aliphatic rings. The van der Waals surface area contributed by atoms with Gasteiger partial charge < -0.3 is 9.32 Å². The molecule has 4 nitrogen and oxygen atoms in total. The molecule has 0 aliphatic heterocycles. The fourth-order valence-corrected chi connectivity index (χ4v) is 8.26. The first-order chi connectivity index (χ1) is 27.3. The van der Waals surface area contributed by atoms with Crippen LogP contribution >= 0.6 is 0 Å². The highest BCUT2D eigenvalue weighted by Gasteiger charge is 2.22. The third-order valence-corrected chi connectivity index (χ3v) is 10.8. The average molecular weight is 704 g/mol. The van der Waals surface area contributed by atoms with Crippen molar-refractivity contribution in [2.75, 3.05) is 4.90 Å². The van der Waals surface area contributed by atoms with Gasteiger partial charge in [0.1, 0.15) is 11.4 Å². The molecule has 258 valence electrons. The predicted molar refractivity (Wildman–Crippen MR) is 229 cm³/mol. The molecule has 0 saturated heterocycles. The number of para-hydroxylation sites is 3. The second-order valence-corrected chi connectivity index (χ2v) is 13.9. The van der Waals surface area contributed by atoms with Gasteiger partial charge in [-0.05, 0) is 82.6 Å². The minimum absolute atomic E-state index is 0.851. The lowest BCUT2D eigenvalue weighted by Gasteiger charge is -2.26. The molecule has 0 atom stereocenters. The predicted octanol–water partition coefficient (Wildman–Crippen LogP) is 14.0. The van der Waals surface area contributed by atoms with Crippen LogP contribution < -0.4 is 4.90 Å². The van der Waals surface area contributed by atoms with Gasteiger partial charge >= 0.3 is 0 Å². The van der Waals surface area contributed by atoms with Gasteiger partial charge in [-0.15, -0.1) is 0 Å². The molecule has 2 aromatic heterocycles. The number of furan rings is 1. The second kappa shape index (κ2) is 12.6. The molecule has 0 radical (unpaired) electrons. The summed E-state index contributed by atoms with van der Waals surface area (Å²) < 4.78 is 8.93. The Hall–Kier alpha value is -7.43. The molecule has 11 rings (SSSR count). The van der Waals surface area contributed by atoms with E-state index in [1.54, 1.807) is 0 Å². The minimum Gasteiger partial charge on any atom is -0.454 e. The van der Waals surface area contributed by atoms with Crippen LogP contribution in [0.15, 0.2) is 205 Å². The highest BCUT2D eigenvalue weighted by atomic mass is 16.3. The third-order valence-electron chi connectivity index (χ3n) is 10.8. The maximum absolute atomic E-state index is 6.61. The highest BCUT2D eigenvalue weighted by molar-refractivity contribution is 6.24. The van der Waals surface area contributed by atoms with Gasteiger partial charge in [-0.25, -0.2) is 4.98 Å². The lowest BCUT2D eigenvalue weighted by Crippen LogP contribution is -2.10. The normalized spacial score (nSPS) is 11.6. The van der Waals surface area contributed by atoms with E-state index in [1.165, 1.54) is 27.3 Å². The van der Waals surface area contributed by atoms with Gasteiger partial charge in [-0.1, -0.05) is 140 Å². The smallest absolute Gasteiger partial charge is 0.159 e. The Balaban J connectivity index is 1.11. The Morgan fingerprint density at radius 3 is 1.64 bits per heavy atom. The summed E-state index contributed by atoms with van der Waals surface area (Å²) in [4.78, 5) is 7.76. The standard InChI is InChI=1S/C51H33N3O/c1-3-14-34(15-4-1)35-26-30-38(31-27-35)53(46-24-13-23-45-42-20-11-12-25-47(42)55-50(45)46)39-32-28-36(29-33-39)51-52-48-43-21-9-7-18-40(43)41-19-8-10-22-44(41)49(48)54(51)37-16-5-2-6-17-37/h1-33H. The monoisotopic (exact) mass is 703 g/mol. The first-order valence-corrected chi connectivity index (χ1v) is 18.6. The van der Waals surface area contributed by atoms with Gasteiger partial charge in [-0.3, -0.25) is 4.57 Å². The topological polar surface area (TPSA) is 34.2 Å². The molecule has 2 heterocycles. The SMILES string of the molecule is c1ccc(-c2ccc(N(c3ccc(-c4nc5c6ccccc6c6ccccc6c5n4-c4ccccc4)cc3)c3cccc4c3oc3ccccc34)cc2)cc1. The van der Waals surface area contributed by atoms with E-state index in [9.17, 15) is 0 Å². The van der Waals surface area contributed by atoms with Crippen LogP contribution in [0.3, 0.4) is 0 Å². The van der Waals surface area contributed by atoms with Crippen molar-refractivity contribution in [3.8, 4) is 28.2 Å². The van der Waals surface area contributed by atoms with Crippen molar-refractivity contribution in [3.05, 3.63) is 200 Å². The van der Waals surface area contributed by atoms with Gasteiger partial charge in [0.25, 0.3) is 0 Å². The Morgan fingerprint density at radius 1 is 0.400 bits per heavy atom. The number of imidazole rings is 1. The van der Waals surface area contributed by atoms with E-state index in [-0.39, 0.29) is 0 Å². The second-order valence-electron chi connectivity index (χ2n) is 13.9. The zero-order valence-corrected chi connectivity index (χ0v) is 29.8. The van der Waals surface area contributed by atoms with Crippen molar-refractivity contribution in [2.45, 2.75) is 0 Å². The van der Waals surface area contributed by atoms with Gasteiger partial charge in [0, 0.05) is 44.2 Å². The van der Waals surface area contributed by atoms with Crippen LogP contribution in [-0.4, -0.2) is 9.55 Å². The summed E-state index contributed by atoms with van der Waals surface area (Å²) in [6.45, 7) is 0. The summed E-state index contributed by atoms with van der Waals surface area (Å²) in [6.07, 6.45) is 0. The summed E-state index contributed by atoms with van der Waals surface area (Å²) in [7, 11) is 0. The molecule has 0 spiro atoms. The molecule has 11 aromatic rings. The lowest BCUT2D eigenvalue weighted by atomic mass is 10.00. The van der Waals surface area contributed by atoms with Crippen LogP contribution in [-0.2, 0) is 0 Å².